The average molecular weight is 503 g/mol. The zero-order valence-corrected chi connectivity index (χ0v) is 18.9. The van der Waals surface area contributed by atoms with Gasteiger partial charge in [0.15, 0.2) is 23.0 Å². The van der Waals surface area contributed by atoms with Crippen molar-refractivity contribution in [3.63, 3.8) is 0 Å². The summed E-state index contributed by atoms with van der Waals surface area (Å²) in [6.45, 7) is 4.59. The molecule has 0 aliphatic carbocycles. The summed E-state index contributed by atoms with van der Waals surface area (Å²) in [7, 11) is 0. The zero-order chi connectivity index (χ0) is 22.8. The zero-order valence-electron chi connectivity index (χ0n) is 17.3. The van der Waals surface area contributed by atoms with Gasteiger partial charge in [-0.05, 0) is 49.8 Å². The summed E-state index contributed by atoms with van der Waals surface area (Å²) in [6.07, 6.45) is 1.40. The Bertz CT molecular complexity index is 1150. The minimum atomic E-state index is -0.850. The van der Waals surface area contributed by atoms with Crippen molar-refractivity contribution in [1.29, 1.82) is 0 Å². The molecule has 2 aliphatic heterocycles. The number of halogens is 1. The summed E-state index contributed by atoms with van der Waals surface area (Å²) in [4.78, 5) is 39.0. The lowest BCUT2D eigenvalue weighted by Gasteiger charge is -2.26. The fourth-order valence-electron chi connectivity index (χ4n) is 3.27. The van der Waals surface area contributed by atoms with Crippen LogP contribution in [0.25, 0.3) is 6.08 Å². The van der Waals surface area contributed by atoms with Gasteiger partial charge in [0.2, 0.25) is 6.79 Å². The molecule has 0 bridgehead atoms. The number of fused-ring (bicyclic) bond motifs is 1. The first-order valence-corrected chi connectivity index (χ1v) is 10.6. The van der Waals surface area contributed by atoms with Crippen LogP contribution in [0.3, 0.4) is 0 Å². The molecule has 2 aromatic carbocycles. The van der Waals surface area contributed by atoms with Crippen LogP contribution in [0.1, 0.15) is 19.4 Å². The summed E-state index contributed by atoms with van der Waals surface area (Å²) >= 11 is 3.44. The van der Waals surface area contributed by atoms with Gasteiger partial charge in [-0.25, -0.2) is 9.69 Å². The molecule has 0 saturated carbocycles. The number of ether oxygens (including phenoxy) is 4. The molecular formula is C22H19BrN2O7. The smallest absolute Gasteiger partial charge is 0.335 e. The molecule has 0 spiro atoms. The molecule has 1 saturated heterocycles. The van der Waals surface area contributed by atoms with E-state index in [-0.39, 0.29) is 18.1 Å². The molecule has 4 amide bonds. The van der Waals surface area contributed by atoms with Gasteiger partial charge in [0.05, 0.1) is 18.9 Å². The standard InChI is InChI=1S/C22H19BrN2O7/c1-3-29-17-8-12(15(23)10-19(17)30-4-2)7-14-20(26)24-22(28)25(21(14)27)13-5-6-16-18(9-13)32-11-31-16/h5-10H,3-4,11H2,1-2H3,(H,24,26,28)/b14-7+. The van der Waals surface area contributed by atoms with Gasteiger partial charge in [0.1, 0.15) is 5.57 Å². The second kappa shape index (κ2) is 8.91. The fraction of sp³-hybridized carbons (Fsp3) is 0.227. The molecule has 0 aromatic heterocycles. The van der Waals surface area contributed by atoms with Crippen molar-refractivity contribution in [3.05, 3.63) is 45.9 Å². The van der Waals surface area contributed by atoms with Crippen LogP contribution in [0.5, 0.6) is 23.0 Å². The number of carbonyl (C=O) groups is 3. The molecule has 2 aromatic rings. The lowest BCUT2D eigenvalue weighted by molar-refractivity contribution is -0.122. The number of carbonyl (C=O) groups excluding carboxylic acids is 3. The third-order valence-corrected chi connectivity index (χ3v) is 5.37. The number of benzene rings is 2. The summed E-state index contributed by atoms with van der Waals surface area (Å²) in [5.41, 5.74) is 0.542. The molecular weight excluding hydrogens is 484 g/mol. The van der Waals surface area contributed by atoms with Crippen molar-refractivity contribution in [1.82, 2.24) is 5.32 Å². The van der Waals surface area contributed by atoms with E-state index in [4.69, 9.17) is 18.9 Å². The number of nitrogens with zero attached hydrogens (tertiary/aromatic N) is 1. The minimum Gasteiger partial charge on any atom is -0.490 e. The van der Waals surface area contributed by atoms with E-state index in [2.05, 4.69) is 21.2 Å². The highest BCUT2D eigenvalue weighted by Crippen LogP contribution is 2.37. The number of imide groups is 2. The van der Waals surface area contributed by atoms with Crippen LogP contribution in [0.2, 0.25) is 0 Å². The number of barbiturate groups is 1. The van der Waals surface area contributed by atoms with Gasteiger partial charge in [-0.3, -0.25) is 14.9 Å². The minimum absolute atomic E-state index is 0.0521. The van der Waals surface area contributed by atoms with Crippen LogP contribution in [0.4, 0.5) is 10.5 Å². The van der Waals surface area contributed by atoms with Gasteiger partial charge in [0.25, 0.3) is 11.8 Å². The number of hydrogen-bond donors (Lipinski definition) is 1. The lowest BCUT2D eigenvalue weighted by Crippen LogP contribution is -2.54. The van der Waals surface area contributed by atoms with Crippen LogP contribution in [0.15, 0.2) is 40.4 Å². The Morgan fingerprint density at radius 1 is 1.03 bits per heavy atom. The summed E-state index contributed by atoms with van der Waals surface area (Å²) in [6, 6.07) is 7.15. The monoisotopic (exact) mass is 502 g/mol. The molecule has 0 radical (unpaired) electrons. The summed E-state index contributed by atoms with van der Waals surface area (Å²) in [5.74, 6) is 0.345. The Labute approximate surface area is 192 Å². The van der Waals surface area contributed by atoms with E-state index < -0.39 is 17.8 Å². The topological polar surface area (TPSA) is 103 Å². The van der Waals surface area contributed by atoms with Crippen molar-refractivity contribution in [2.45, 2.75) is 13.8 Å². The Balaban J connectivity index is 1.73. The second-order valence-corrected chi connectivity index (χ2v) is 7.54. The predicted molar refractivity (Wildman–Crippen MR) is 118 cm³/mol. The SMILES string of the molecule is CCOc1cc(Br)c(/C=C2\C(=O)NC(=O)N(c3ccc4c(c3)OCO4)C2=O)cc1OCC. The number of amides is 4. The highest BCUT2D eigenvalue weighted by Gasteiger charge is 2.37. The van der Waals surface area contributed by atoms with Crippen LogP contribution in [0, 0.1) is 0 Å². The quantitative estimate of drug-likeness (QED) is 0.474. The number of hydrogen-bond acceptors (Lipinski definition) is 7. The largest absolute Gasteiger partial charge is 0.490 e. The summed E-state index contributed by atoms with van der Waals surface area (Å²) in [5, 5.41) is 2.20. The molecule has 0 unspecified atom stereocenters. The number of rotatable bonds is 6. The van der Waals surface area contributed by atoms with Crippen molar-refractivity contribution < 1.29 is 33.3 Å². The third kappa shape index (κ3) is 4.01. The van der Waals surface area contributed by atoms with E-state index in [1.165, 1.54) is 12.1 Å². The third-order valence-electron chi connectivity index (χ3n) is 4.68. The Morgan fingerprint density at radius 3 is 2.44 bits per heavy atom. The molecule has 10 heteroatoms. The molecule has 2 heterocycles. The molecule has 9 nitrogen and oxygen atoms in total. The number of nitrogens with one attached hydrogen (secondary N) is 1. The van der Waals surface area contributed by atoms with E-state index >= 15 is 0 Å². The van der Waals surface area contributed by atoms with Crippen molar-refractivity contribution in [3.8, 4) is 23.0 Å². The fourth-order valence-corrected chi connectivity index (χ4v) is 3.71. The van der Waals surface area contributed by atoms with Crippen molar-refractivity contribution in [2.75, 3.05) is 24.9 Å². The number of anilines is 1. The van der Waals surface area contributed by atoms with Crippen LogP contribution < -0.4 is 29.2 Å². The maximum atomic E-state index is 13.2. The lowest BCUT2D eigenvalue weighted by atomic mass is 10.1. The Kier molecular flexibility index (Phi) is 6.04. The Morgan fingerprint density at radius 2 is 1.72 bits per heavy atom. The van der Waals surface area contributed by atoms with Crippen LogP contribution in [-0.4, -0.2) is 37.9 Å². The average Bonchev–Trinajstić information content (AvgIpc) is 3.22. The molecule has 4 rings (SSSR count). The van der Waals surface area contributed by atoms with Gasteiger partial charge < -0.3 is 18.9 Å². The normalized spacial score (nSPS) is 16.4. The number of urea groups is 1. The maximum absolute atomic E-state index is 13.2. The Hall–Kier alpha value is -3.53. The molecule has 2 aliphatic rings. The van der Waals surface area contributed by atoms with Crippen molar-refractivity contribution in [2.24, 2.45) is 0 Å². The van der Waals surface area contributed by atoms with Gasteiger partial charge in [-0.1, -0.05) is 15.9 Å². The predicted octanol–water partition coefficient (Wildman–Crippen LogP) is 3.64. The van der Waals surface area contributed by atoms with E-state index in [0.717, 1.165) is 4.90 Å². The van der Waals surface area contributed by atoms with E-state index in [1.54, 1.807) is 24.3 Å². The molecule has 32 heavy (non-hydrogen) atoms. The molecule has 1 N–H and O–H groups in total. The first-order chi connectivity index (χ1) is 15.4. The van der Waals surface area contributed by atoms with Crippen LogP contribution in [-0.2, 0) is 9.59 Å². The van der Waals surface area contributed by atoms with Gasteiger partial charge >= 0.3 is 6.03 Å². The second-order valence-electron chi connectivity index (χ2n) is 6.68. The van der Waals surface area contributed by atoms with Crippen LogP contribution >= 0.6 is 15.9 Å². The van der Waals surface area contributed by atoms with Gasteiger partial charge in [-0.2, -0.15) is 0 Å². The van der Waals surface area contributed by atoms with E-state index in [9.17, 15) is 14.4 Å². The highest BCUT2D eigenvalue weighted by atomic mass is 79.9. The first kappa shape index (κ1) is 21.7. The maximum Gasteiger partial charge on any atom is 0.335 e. The van der Waals surface area contributed by atoms with Gasteiger partial charge in [0, 0.05) is 10.5 Å². The van der Waals surface area contributed by atoms with Crippen molar-refractivity contribution >= 4 is 45.5 Å². The van der Waals surface area contributed by atoms with Gasteiger partial charge in [-0.15, -0.1) is 0 Å². The van der Waals surface area contributed by atoms with E-state index in [1.807, 2.05) is 13.8 Å². The molecule has 0 atom stereocenters. The summed E-state index contributed by atoms with van der Waals surface area (Å²) < 4.78 is 22.4. The van der Waals surface area contributed by atoms with E-state index in [0.29, 0.717) is 46.2 Å². The highest BCUT2D eigenvalue weighted by molar-refractivity contribution is 9.10. The molecule has 166 valence electrons. The molecule has 1 fully saturated rings. The first-order valence-electron chi connectivity index (χ1n) is 9.83.